The summed E-state index contributed by atoms with van der Waals surface area (Å²) < 4.78 is 80.2. The average Bonchev–Trinajstić information content (AvgIpc) is 3.21. The van der Waals surface area contributed by atoms with E-state index in [0.29, 0.717) is 32.1 Å². The highest BCUT2D eigenvalue weighted by Gasteiger charge is 2.33. The van der Waals surface area contributed by atoms with E-state index in [1.165, 1.54) is 28.6 Å². The zero-order chi connectivity index (χ0) is 22.5. The van der Waals surface area contributed by atoms with E-state index >= 15 is 0 Å². The summed E-state index contributed by atoms with van der Waals surface area (Å²) in [5.74, 6) is -0.397. The Kier molecular flexibility index (Phi) is 7.18. The van der Waals surface area contributed by atoms with E-state index in [2.05, 4.69) is 5.10 Å². The van der Waals surface area contributed by atoms with Crippen molar-refractivity contribution >= 4 is 16.0 Å². The first-order chi connectivity index (χ1) is 14.7. The number of sulfonamides is 1. The van der Waals surface area contributed by atoms with E-state index in [4.69, 9.17) is 14.2 Å². The molecule has 9 nitrogen and oxygen atoms in total. The maximum absolute atomic E-state index is 12.5. The van der Waals surface area contributed by atoms with Crippen molar-refractivity contribution in [3.63, 3.8) is 0 Å². The van der Waals surface area contributed by atoms with Gasteiger partial charge in [-0.2, -0.15) is 22.6 Å². The average molecular weight is 463 g/mol. The summed E-state index contributed by atoms with van der Waals surface area (Å²) in [6, 6.07) is 6.57. The number of ether oxygens (including phenoxy) is 3. The molecule has 31 heavy (non-hydrogen) atoms. The number of carbonyl (C=O) groups is 1. The Balaban J connectivity index is 1.42. The van der Waals surface area contributed by atoms with Gasteiger partial charge >= 0.3 is 12.1 Å². The molecule has 2 heterocycles. The lowest BCUT2D eigenvalue weighted by molar-refractivity contribution is -0.146. The minimum Gasteiger partial charge on any atom is -0.490 e. The van der Waals surface area contributed by atoms with Crippen LogP contribution in [0, 0.1) is 0 Å². The van der Waals surface area contributed by atoms with Crippen molar-refractivity contribution < 1.29 is 40.6 Å². The number of nitrogens with zero attached hydrogens (tertiary/aromatic N) is 3. The van der Waals surface area contributed by atoms with Gasteiger partial charge < -0.3 is 14.2 Å². The molecule has 0 unspecified atom stereocenters. The molecule has 1 saturated heterocycles. The number of carbonyl (C=O) groups excluding carboxylic acids is 1. The highest BCUT2D eigenvalue weighted by molar-refractivity contribution is 7.89. The van der Waals surface area contributed by atoms with Gasteiger partial charge in [-0.15, -0.1) is 0 Å². The molecule has 0 amide bonds. The first-order valence-electron chi connectivity index (χ1n) is 9.23. The summed E-state index contributed by atoms with van der Waals surface area (Å²) >= 11 is 0. The molecule has 0 saturated carbocycles. The lowest BCUT2D eigenvalue weighted by Crippen LogP contribution is -2.40. The maximum atomic E-state index is 12.5. The van der Waals surface area contributed by atoms with Crippen LogP contribution in [0.3, 0.4) is 0 Å². The Hall–Kier alpha value is -2.64. The third-order valence-electron chi connectivity index (χ3n) is 4.27. The van der Waals surface area contributed by atoms with Crippen LogP contribution in [0.1, 0.15) is 5.69 Å². The predicted molar refractivity (Wildman–Crippen MR) is 99.7 cm³/mol. The zero-order valence-corrected chi connectivity index (χ0v) is 17.1. The Morgan fingerprint density at radius 2 is 1.77 bits per heavy atom. The molecule has 1 aliphatic heterocycles. The molecule has 13 heteroatoms. The number of halogens is 3. The summed E-state index contributed by atoms with van der Waals surface area (Å²) in [5, 5.41) is 3.26. The lowest BCUT2D eigenvalue weighted by atomic mass is 10.3. The first-order valence-corrected chi connectivity index (χ1v) is 10.7. The fraction of sp³-hybridized carbons (Fsp3) is 0.444. The monoisotopic (exact) mass is 463 g/mol. The van der Waals surface area contributed by atoms with Gasteiger partial charge in [-0.3, -0.25) is 9.48 Å². The standard InChI is InChI=1S/C18H20F3N3O6S/c19-18(20,21)16-5-6-23(22-16)13-17(25)30-12-11-29-14-1-3-15(4-2-14)31(26,27)24-7-9-28-10-8-24/h1-6H,7-13H2. The number of aromatic nitrogens is 2. The van der Waals surface area contributed by atoms with Crippen molar-refractivity contribution in [2.24, 2.45) is 0 Å². The topological polar surface area (TPSA) is 100.0 Å². The quantitative estimate of drug-likeness (QED) is 0.433. The molecule has 1 aromatic carbocycles. The van der Waals surface area contributed by atoms with Gasteiger partial charge in [0.15, 0.2) is 5.69 Å². The number of esters is 1. The van der Waals surface area contributed by atoms with Crippen LogP contribution in [0.5, 0.6) is 5.75 Å². The van der Waals surface area contributed by atoms with Gasteiger partial charge in [-0.1, -0.05) is 0 Å². The van der Waals surface area contributed by atoms with Gasteiger partial charge in [0.2, 0.25) is 10.0 Å². The van der Waals surface area contributed by atoms with Gasteiger partial charge in [-0.05, 0) is 30.3 Å². The highest BCUT2D eigenvalue weighted by atomic mass is 32.2. The summed E-state index contributed by atoms with van der Waals surface area (Å²) in [4.78, 5) is 11.8. The number of hydrogen-bond donors (Lipinski definition) is 0. The van der Waals surface area contributed by atoms with Crippen LogP contribution in [-0.2, 0) is 37.0 Å². The third-order valence-corrected chi connectivity index (χ3v) is 6.18. The Labute approximate surface area is 176 Å². The number of hydrogen-bond acceptors (Lipinski definition) is 7. The molecule has 170 valence electrons. The van der Waals surface area contributed by atoms with Gasteiger partial charge in [0.05, 0.1) is 18.1 Å². The summed E-state index contributed by atoms with van der Waals surface area (Å²) in [5.41, 5.74) is -1.09. The van der Waals surface area contributed by atoms with E-state index in [0.717, 1.165) is 16.9 Å². The molecule has 3 rings (SSSR count). The molecule has 0 atom stereocenters. The maximum Gasteiger partial charge on any atom is 0.435 e. The Morgan fingerprint density at radius 1 is 1.10 bits per heavy atom. The molecule has 0 radical (unpaired) electrons. The summed E-state index contributed by atoms with van der Waals surface area (Å²) in [6.07, 6.45) is -3.55. The normalized spacial score (nSPS) is 15.6. The van der Waals surface area contributed by atoms with Gasteiger partial charge in [0.1, 0.15) is 25.5 Å². The van der Waals surface area contributed by atoms with Crippen molar-refractivity contribution in [2.45, 2.75) is 17.6 Å². The van der Waals surface area contributed by atoms with Crippen molar-refractivity contribution in [3.8, 4) is 5.75 Å². The van der Waals surface area contributed by atoms with Crippen LogP contribution in [0.25, 0.3) is 0 Å². The van der Waals surface area contributed by atoms with Gasteiger partial charge in [-0.25, -0.2) is 8.42 Å². The minimum atomic E-state index is -4.58. The van der Waals surface area contributed by atoms with E-state index in [9.17, 15) is 26.4 Å². The smallest absolute Gasteiger partial charge is 0.435 e. The molecule has 0 N–H and O–H groups in total. The lowest BCUT2D eigenvalue weighted by Gasteiger charge is -2.26. The largest absolute Gasteiger partial charge is 0.490 e. The molecule has 0 aliphatic carbocycles. The fourth-order valence-electron chi connectivity index (χ4n) is 2.74. The molecule has 2 aromatic rings. The van der Waals surface area contributed by atoms with Crippen LogP contribution in [-0.4, -0.2) is 68.0 Å². The predicted octanol–water partition coefficient (Wildman–Crippen LogP) is 1.54. The van der Waals surface area contributed by atoms with Gasteiger partial charge in [0.25, 0.3) is 0 Å². The molecule has 1 fully saturated rings. The minimum absolute atomic E-state index is 0.0196. The van der Waals surface area contributed by atoms with Crippen LogP contribution < -0.4 is 4.74 Å². The van der Waals surface area contributed by atoms with Crippen LogP contribution in [0.2, 0.25) is 0 Å². The number of alkyl halides is 3. The number of benzene rings is 1. The van der Waals surface area contributed by atoms with E-state index in [-0.39, 0.29) is 18.1 Å². The van der Waals surface area contributed by atoms with Crippen LogP contribution in [0.4, 0.5) is 13.2 Å². The molecular weight excluding hydrogens is 443 g/mol. The Morgan fingerprint density at radius 3 is 2.39 bits per heavy atom. The number of morpholine rings is 1. The molecule has 1 aromatic heterocycles. The van der Waals surface area contributed by atoms with E-state index in [1.807, 2.05) is 0 Å². The summed E-state index contributed by atoms with van der Waals surface area (Å²) in [7, 11) is -3.60. The zero-order valence-electron chi connectivity index (χ0n) is 16.2. The number of rotatable bonds is 8. The van der Waals surface area contributed by atoms with E-state index in [1.54, 1.807) is 0 Å². The van der Waals surface area contributed by atoms with Crippen molar-refractivity contribution in [1.29, 1.82) is 0 Å². The fourth-order valence-corrected chi connectivity index (χ4v) is 4.15. The molecule has 1 aliphatic rings. The van der Waals surface area contributed by atoms with E-state index < -0.39 is 34.4 Å². The molecule has 0 bridgehead atoms. The molecular formula is C18H20F3N3O6S. The van der Waals surface area contributed by atoms with Crippen LogP contribution in [0.15, 0.2) is 41.4 Å². The van der Waals surface area contributed by atoms with Crippen LogP contribution >= 0.6 is 0 Å². The molecule has 0 spiro atoms. The third kappa shape index (κ3) is 6.18. The van der Waals surface area contributed by atoms with Crippen molar-refractivity contribution in [3.05, 3.63) is 42.2 Å². The second-order valence-electron chi connectivity index (χ2n) is 6.45. The second kappa shape index (κ2) is 9.66. The van der Waals surface area contributed by atoms with Crippen molar-refractivity contribution in [1.82, 2.24) is 14.1 Å². The SMILES string of the molecule is O=C(Cn1ccc(C(F)(F)F)n1)OCCOc1ccc(S(=O)(=O)N2CCOCC2)cc1. The highest BCUT2D eigenvalue weighted by Crippen LogP contribution is 2.27. The Bertz CT molecular complexity index is 986. The van der Waals surface area contributed by atoms with Crippen molar-refractivity contribution in [2.75, 3.05) is 39.5 Å². The van der Waals surface area contributed by atoms with Gasteiger partial charge in [0, 0.05) is 19.3 Å². The summed E-state index contributed by atoms with van der Waals surface area (Å²) in [6.45, 7) is 0.661. The first kappa shape index (κ1) is 23.0. The second-order valence-corrected chi connectivity index (χ2v) is 8.39.